The minimum Gasteiger partial charge on any atom is -0.478 e. The molecule has 0 amide bonds. The lowest BCUT2D eigenvalue weighted by Gasteiger charge is -2.10. The van der Waals surface area contributed by atoms with Gasteiger partial charge in [0.15, 0.2) is 0 Å². The topological polar surface area (TPSA) is 55.8 Å². The molecule has 0 aliphatic carbocycles. The van der Waals surface area contributed by atoms with Crippen molar-refractivity contribution in [3.05, 3.63) is 58.6 Å². The van der Waals surface area contributed by atoms with Crippen molar-refractivity contribution < 1.29 is 19.4 Å². The molecule has 4 nitrogen and oxygen atoms in total. The monoisotopic (exact) mass is 292 g/mol. The van der Waals surface area contributed by atoms with Gasteiger partial charge in [0.1, 0.15) is 11.5 Å². The van der Waals surface area contributed by atoms with Crippen molar-refractivity contribution in [2.45, 2.75) is 6.61 Å². The second-order valence-electron chi connectivity index (χ2n) is 4.11. The summed E-state index contributed by atoms with van der Waals surface area (Å²) in [6, 6.07) is 11.7. The van der Waals surface area contributed by atoms with E-state index in [-0.39, 0.29) is 12.2 Å². The fraction of sp³-hybridized carbons (Fsp3) is 0.133. The normalized spacial score (nSPS) is 10.3. The van der Waals surface area contributed by atoms with Crippen LogP contribution in [0.4, 0.5) is 0 Å². The predicted molar refractivity (Wildman–Crippen MR) is 75.6 cm³/mol. The zero-order valence-corrected chi connectivity index (χ0v) is 11.6. The summed E-state index contributed by atoms with van der Waals surface area (Å²) in [5.41, 5.74) is 0.766. The molecule has 104 valence electrons. The zero-order chi connectivity index (χ0) is 14.5. The molecule has 2 rings (SSSR count). The zero-order valence-electron chi connectivity index (χ0n) is 10.8. The van der Waals surface area contributed by atoms with Crippen molar-refractivity contribution in [2.24, 2.45) is 0 Å². The van der Waals surface area contributed by atoms with Crippen LogP contribution in [-0.4, -0.2) is 18.2 Å². The maximum atomic E-state index is 11.1. The highest BCUT2D eigenvalue weighted by atomic mass is 35.5. The van der Waals surface area contributed by atoms with Crippen LogP contribution in [0, 0.1) is 0 Å². The Labute approximate surface area is 121 Å². The maximum absolute atomic E-state index is 11.1. The summed E-state index contributed by atoms with van der Waals surface area (Å²) in [7, 11) is 1.51. The smallest absolute Gasteiger partial charge is 0.336 e. The number of rotatable bonds is 5. The number of ether oxygens (including phenoxy) is 2. The fourth-order valence-electron chi connectivity index (χ4n) is 1.76. The molecule has 0 radical (unpaired) electrons. The van der Waals surface area contributed by atoms with Crippen molar-refractivity contribution in [1.29, 1.82) is 0 Å². The second-order valence-corrected chi connectivity index (χ2v) is 4.55. The first kappa shape index (κ1) is 14.4. The summed E-state index contributed by atoms with van der Waals surface area (Å²) in [4.78, 5) is 11.1. The van der Waals surface area contributed by atoms with Gasteiger partial charge in [-0.15, -0.1) is 0 Å². The van der Waals surface area contributed by atoms with Gasteiger partial charge in [-0.3, -0.25) is 0 Å². The van der Waals surface area contributed by atoms with Gasteiger partial charge in [0.05, 0.1) is 12.2 Å². The Balaban J connectivity index is 2.26. The molecule has 0 saturated heterocycles. The number of benzene rings is 2. The van der Waals surface area contributed by atoms with Crippen LogP contribution in [0.2, 0.25) is 5.02 Å². The van der Waals surface area contributed by atoms with E-state index < -0.39 is 5.97 Å². The van der Waals surface area contributed by atoms with Gasteiger partial charge in [-0.05, 0) is 48.0 Å². The number of methoxy groups -OCH3 is 1. The van der Waals surface area contributed by atoms with Crippen LogP contribution >= 0.6 is 11.6 Å². The summed E-state index contributed by atoms with van der Waals surface area (Å²) in [5, 5.41) is 9.72. The summed E-state index contributed by atoms with van der Waals surface area (Å²) in [6.07, 6.45) is 0. The van der Waals surface area contributed by atoms with E-state index in [9.17, 15) is 4.79 Å². The number of halogens is 1. The molecule has 0 aliphatic heterocycles. The SMILES string of the molecule is COCc1cc(Oc2ccc(Cl)cc2)ccc1C(=O)O. The first-order chi connectivity index (χ1) is 9.60. The third kappa shape index (κ3) is 3.50. The van der Waals surface area contributed by atoms with E-state index in [4.69, 9.17) is 26.2 Å². The summed E-state index contributed by atoms with van der Waals surface area (Å²) < 4.78 is 10.7. The molecule has 0 fully saturated rings. The molecule has 0 unspecified atom stereocenters. The van der Waals surface area contributed by atoms with Gasteiger partial charge in [-0.25, -0.2) is 4.79 Å². The molecule has 0 atom stereocenters. The fourth-order valence-corrected chi connectivity index (χ4v) is 1.88. The largest absolute Gasteiger partial charge is 0.478 e. The number of hydrogen-bond acceptors (Lipinski definition) is 3. The molecule has 0 aromatic heterocycles. The van der Waals surface area contributed by atoms with Crippen molar-refractivity contribution in [3.63, 3.8) is 0 Å². The summed E-state index contributed by atoms with van der Waals surface area (Å²) >= 11 is 5.80. The summed E-state index contributed by atoms with van der Waals surface area (Å²) in [5.74, 6) is 0.181. The quantitative estimate of drug-likeness (QED) is 0.905. The van der Waals surface area contributed by atoms with Gasteiger partial charge in [0.2, 0.25) is 0 Å². The summed E-state index contributed by atoms with van der Waals surface area (Å²) in [6.45, 7) is 0.208. The highest BCUT2D eigenvalue weighted by Gasteiger charge is 2.11. The van der Waals surface area contributed by atoms with Gasteiger partial charge in [-0.2, -0.15) is 0 Å². The van der Waals surface area contributed by atoms with Crippen LogP contribution in [0.25, 0.3) is 0 Å². The number of carbonyl (C=O) groups is 1. The lowest BCUT2D eigenvalue weighted by Crippen LogP contribution is -2.03. The standard InChI is InChI=1S/C15H13ClO4/c1-19-9-10-8-13(6-7-14(10)15(17)18)20-12-4-2-11(16)3-5-12/h2-8H,9H2,1H3,(H,17,18). The Hall–Kier alpha value is -2.04. The van der Waals surface area contributed by atoms with E-state index in [0.717, 1.165) is 0 Å². The van der Waals surface area contributed by atoms with Gasteiger partial charge in [-0.1, -0.05) is 11.6 Å². The second kappa shape index (κ2) is 6.41. The van der Waals surface area contributed by atoms with Crippen LogP contribution in [0.3, 0.4) is 0 Å². The van der Waals surface area contributed by atoms with Gasteiger partial charge >= 0.3 is 5.97 Å². The first-order valence-electron chi connectivity index (χ1n) is 5.88. The van der Waals surface area contributed by atoms with E-state index in [2.05, 4.69) is 0 Å². The number of hydrogen-bond donors (Lipinski definition) is 1. The Morgan fingerprint density at radius 2 is 1.80 bits per heavy atom. The van der Waals surface area contributed by atoms with Crippen LogP contribution in [0.1, 0.15) is 15.9 Å². The third-order valence-corrected chi connectivity index (χ3v) is 2.91. The highest BCUT2D eigenvalue weighted by molar-refractivity contribution is 6.30. The van der Waals surface area contributed by atoms with Crippen LogP contribution < -0.4 is 4.74 Å². The molecule has 5 heteroatoms. The Kier molecular flexibility index (Phi) is 4.61. The predicted octanol–water partition coefficient (Wildman–Crippen LogP) is 3.98. The van der Waals surface area contributed by atoms with Crippen LogP contribution in [0.15, 0.2) is 42.5 Å². The molecule has 2 aromatic carbocycles. The Bertz CT molecular complexity index is 608. The van der Waals surface area contributed by atoms with E-state index in [1.807, 2.05) is 0 Å². The van der Waals surface area contributed by atoms with Crippen molar-refractivity contribution >= 4 is 17.6 Å². The number of carboxylic acids is 1. The van der Waals surface area contributed by atoms with Crippen molar-refractivity contribution in [3.8, 4) is 11.5 Å². The van der Waals surface area contributed by atoms with Crippen LogP contribution in [-0.2, 0) is 11.3 Å². The lowest BCUT2D eigenvalue weighted by molar-refractivity contribution is 0.0692. The Morgan fingerprint density at radius 3 is 2.40 bits per heavy atom. The Morgan fingerprint density at radius 1 is 1.15 bits per heavy atom. The molecule has 20 heavy (non-hydrogen) atoms. The molecule has 0 heterocycles. The molecule has 2 aromatic rings. The minimum atomic E-state index is -0.991. The van der Waals surface area contributed by atoms with Gasteiger partial charge < -0.3 is 14.6 Å². The van der Waals surface area contributed by atoms with Gasteiger partial charge in [0, 0.05) is 12.1 Å². The van der Waals surface area contributed by atoms with Crippen molar-refractivity contribution in [1.82, 2.24) is 0 Å². The molecule has 1 N–H and O–H groups in total. The third-order valence-electron chi connectivity index (χ3n) is 2.66. The molecule has 0 saturated carbocycles. The van der Waals surface area contributed by atoms with Gasteiger partial charge in [0.25, 0.3) is 0 Å². The molecule has 0 spiro atoms. The molecule has 0 aliphatic rings. The lowest BCUT2D eigenvalue weighted by atomic mass is 10.1. The maximum Gasteiger partial charge on any atom is 0.336 e. The first-order valence-corrected chi connectivity index (χ1v) is 6.26. The van der Waals surface area contributed by atoms with E-state index in [0.29, 0.717) is 22.1 Å². The molecule has 0 bridgehead atoms. The number of aromatic carboxylic acids is 1. The van der Waals surface area contributed by atoms with E-state index >= 15 is 0 Å². The highest BCUT2D eigenvalue weighted by Crippen LogP contribution is 2.25. The van der Waals surface area contributed by atoms with E-state index in [1.165, 1.54) is 13.2 Å². The van der Waals surface area contributed by atoms with Crippen molar-refractivity contribution in [2.75, 3.05) is 7.11 Å². The van der Waals surface area contributed by atoms with Crippen LogP contribution in [0.5, 0.6) is 11.5 Å². The average Bonchev–Trinajstić information content (AvgIpc) is 2.42. The minimum absolute atomic E-state index is 0.204. The molecular weight excluding hydrogens is 280 g/mol. The average molecular weight is 293 g/mol. The number of carboxylic acid groups (broad SMARTS) is 1. The molecular formula is C15H13ClO4. The van der Waals surface area contributed by atoms with E-state index in [1.54, 1.807) is 36.4 Å².